The lowest BCUT2D eigenvalue weighted by Crippen LogP contribution is -2.44. The van der Waals surface area contributed by atoms with Gasteiger partial charge in [-0.1, -0.05) is 24.3 Å². The molecule has 0 unspecified atom stereocenters. The van der Waals surface area contributed by atoms with E-state index in [0.717, 1.165) is 16.5 Å². The monoisotopic (exact) mass is 528 g/mol. The van der Waals surface area contributed by atoms with E-state index in [1.807, 2.05) is 30.5 Å². The zero-order valence-corrected chi connectivity index (χ0v) is 21.4. The number of nitrogens with one attached hydrogen (secondary N) is 4. The number of aromatic nitrogens is 1. The number of para-hydroxylation sites is 1. The van der Waals surface area contributed by atoms with Gasteiger partial charge in [0.15, 0.2) is 11.5 Å². The highest BCUT2D eigenvalue weighted by atomic mass is 16.5. The number of hydrogen-bond donors (Lipinski definition) is 5. The summed E-state index contributed by atoms with van der Waals surface area (Å²) in [4.78, 5) is 41.0. The Kier molecular flexibility index (Phi) is 8.60. The molecule has 200 valence electrons. The van der Waals surface area contributed by atoms with E-state index in [4.69, 9.17) is 14.7 Å². The van der Waals surface area contributed by atoms with Crippen LogP contribution in [0.15, 0.2) is 79.0 Å². The standard InChI is InChI=1S/C29H28N4O6/c1-38-25-13-7-18(15-26(25)39-2)8-14-27(34)32-24(16-20-17-30-23-6-4-3-5-22(20)23)29(36)31-21-11-9-19(10-12-21)28(35)33-37/h3-15,17,24,30,37H,16H2,1-2H3,(H,31,36)(H,32,34)(H,33,35)/b14-8+/t24-/m0/s1. The van der Waals surface area contributed by atoms with Crippen LogP contribution in [0.1, 0.15) is 21.5 Å². The van der Waals surface area contributed by atoms with E-state index in [-0.39, 0.29) is 12.0 Å². The molecule has 0 bridgehead atoms. The molecule has 1 heterocycles. The first-order valence-electron chi connectivity index (χ1n) is 12.0. The number of carbonyl (C=O) groups is 3. The molecule has 0 spiro atoms. The van der Waals surface area contributed by atoms with Crippen molar-refractivity contribution in [1.82, 2.24) is 15.8 Å². The molecule has 0 aliphatic carbocycles. The number of anilines is 1. The van der Waals surface area contributed by atoms with Gasteiger partial charge in [-0.2, -0.15) is 0 Å². The molecule has 3 amide bonds. The molecule has 39 heavy (non-hydrogen) atoms. The second kappa shape index (κ2) is 12.4. The summed E-state index contributed by atoms with van der Waals surface area (Å²) < 4.78 is 10.5. The summed E-state index contributed by atoms with van der Waals surface area (Å²) in [6.07, 6.45) is 5.01. The number of ether oxygens (including phenoxy) is 2. The van der Waals surface area contributed by atoms with E-state index in [0.29, 0.717) is 22.7 Å². The first kappa shape index (κ1) is 27.0. The third kappa shape index (κ3) is 6.62. The van der Waals surface area contributed by atoms with Crippen LogP contribution in [0.3, 0.4) is 0 Å². The van der Waals surface area contributed by atoms with E-state index in [1.54, 1.807) is 36.9 Å². The Morgan fingerprint density at radius 3 is 2.44 bits per heavy atom. The van der Waals surface area contributed by atoms with Gasteiger partial charge in [0.2, 0.25) is 11.8 Å². The average molecular weight is 529 g/mol. The van der Waals surface area contributed by atoms with Crippen molar-refractivity contribution in [3.63, 3.8) is 0 Å². The van der Waals surface area contributed by atoms with Gasteiger partial charge in [0.25, 0.3) is 5.91 Å². The normalized spacial score (nSPS) is 11.7. The SMILES string of the molecule is COc1ccc(/C=C/C(=O)N[C@@H](Cc2c[nH]c3ccccc23)C(=O)Nc2ccc(C(=O)NO)cc2)cc1OC. The van der Waals surface area contributed by atoms with Crippen molar-refractivity contribution in [3.8, 4) is 11.5 Å². The summed E-state index contributed by atoms with van der Waals surface area (Å²) in [5, 5.41) is 15.3. The van der Waals surface area contributed by atoms with Crippen LogP contribution in [0.5, 0.6) is 11.5 Å². The van der Waals surface area contributed by atoms with Crippen molar-refractivity contribution < 1.29 is 29.1 Å². The van der Waals surface area contributed by atoms with Gasteiger partial charge in [-0.3, -0.25) is 19.6 Å². The molecule has 10 nitrogen and oxygen atoms in total. The third-order valence-corrected chi connectivity index (χ3v) is 6.08. The molecule has 10 heteroatoms. The lowest BCUT2D eigenvalue weighted by atomic mass is 10.0. The molecule has 3 aromatic carbocycles. The van der Waals surface area contributed by atoms with Crippen LogP contribution in [0.2, 0.25) is 0 Å². The maximum atomic E-state index is 13.3. The van der Waals surface area contributed by atoms with Crippen LogP contribution in [-0.2, 0) is 16.0 Å². The minimum absolute atomic E-state index is 0.222. The van der Waals surface area contributed by atoms with E-state index in [2.05, 4.69) is 15.6 Å². The highest BCUT2D eigenvalue weighted by molar-refractivity contribution is 6.01. The fourth-order valence-corrected chi connectivity index (χ4v) is 4.08. The van der Waals surface area contributed by atoms with Crippen molar-refractivity contribution in [1.29, 1.82) is 0 Å². The molecule has 0 aliphatic heterocycles. The number of methoxy groups -OCH3 is 2. The molecular formula is C29H28N4O6. The number of fused-ring (bicyclic) bond motifs is 1. The van der Waals surface area contributed by atoms with Gasteiger partial charge in [0, 0.05) is 40.8 Å². The van der Waals surface area contributed by atoms with E-state index in [9.17, 15) is 14.4 Å². The number of carbonyl (C=O) groups excluding carboxylic acids is 3. The Morgan fingerprint density at radius 1 is 0.974 bits per heavy atom. The first-order chi connectivity index (χ1) is 18.9. The van der Waals surface area contributed by atoms with Crippen LogP contribution in [0.4, 0.5) is 5.69 Å². The minimum Gasteiger partial charge on any atom is -0.493 e. The Morgan fingerprint density at radius 2 is 1.72 bits per heavy atom. The topological polar surface area (TPSA) is 142 Å². The molecule has 0 saturated heterocycles. The molecular weight excluding hydrogens is 500 g/mol. The summed E-state index contributed by atoms with van der Waals surface area (Å²) in [7, 11) is 3.07. The largest absolute Gasteiger partial charge is 0.493 e. The second-order valence-corrected chi connectivity index (χ2v) is 8.58. The number of hydroxylamine groups is 1. The summed E-state index contributed by atoms with van der Waals surface area (Å²) in [6.45, 7) is 0. The number of aromatic amines is 1. The Labute approximate surface area is 224 Å². The molecule has 1 atom stereocenters. The lowest BCUT2D eigenvalue weighted by molar-refractivity contribution is -0.123. The summed E-state index contributed by atoms with van der Waals surface area (Å²) >= 11 is 0. The maximum absolute atomic E-state index is 13.3. The predicted octanol–water partition coefficient (Wildman–Crippen LogP) is 3.68. The number of hydrogen-bond acceptors (Lipinski definition) is 6. The molecule has 1 aromatic heterocycles. The number of amides is 3. The zero-order chi connectivity index (χ0) is 27.8. The van der Waals surface area contributed by atoms with Crippen LogP contribution in [-0.4, -0.2) is 48.2 Å². The summed E-state index contributed by atoms with van der Waals surface area (Å²) in [5.41, 5.74) is 4.71. The lowest BCUT2D eigenvalue weighted by Gasteiger charge is -2.18. The first-order valence-corrected chi connectivity index (χ1v) is 12.0. The van der Waals surface area contributed by atoms with E-state index < -0.39 is 23.8 Å². The van der Waals surface area contributed by atoms with Crippen LogP contribution in [0, 0.1) is 0 Å². The van der Waals surface area contributed by atoms with Crippen molar-refractivity contribution in [2.75, 3.05) is 19.5 Å². The van der Waals surface area contributed by atoms with E-state index >= 15 is 0 Å². The Bertz CT molecular complexity index is 1510. The van der Waals surface area contributed by atoms with Crippen molar-refractivity contribution >= 4 is 40.4 Å². The maximum Gasteiger partial charge on any atom is 0.274 e. The highest BCUT2D eigenvalue weighted by Crippen LogP contribution is 2.28. The Hall–Kier alpha value is -5.09. The molecule has 5 N–H and O–H groups in total. The van der Waals surface area contributed by atoms with Gasteiger partial charge in [0.05, 0.1) is 14.2 Å². The fourth-order valence-electron chi connectivity index (χ4n) is 4.08. The van der Waals surface area contributed by atoms with Gasteiger partial charge in [-0.15, -0.1) is 0 Å². The average Bonchev–Trinajstić information content (AvgIpc) is 3.38. The third-order valence-electron chi connectivity index (χ3n) is 6.08. The summed E-state index contributed by atoms with van der Waals surface area (Å²) in [5.74, 6) is -0.468. The molecule has 4 rings (SSSR count). The van der Waals surface area contributed by atoms with Gasteiger partial charge in [0.1, 0.15) is 6.04 Å². The van der Waals surface area contributed by atoms with Crippen LogP contribution >= 0.6 is 0 Å². The number of benzene rings is 3. The van der Waals surface area contributed by atoms with Gasteiger partial charge >= 0.3 is 0 Å². The van der Waals surface area contributed by atoms with Gasteiger partial charge < -0.3 is 25.1 Å². The smallest absolute Gasteiger partial charge is 0.274 e. The quantitative estimate of drug-likeness (QED) is 0.121. The Balaban J connectivity index is 1.53. The molecule has 0 saturated carbocycles. The van der Waals surface area contributed by atoms with Crippen molar-refractivity contribution in [2.24, 2.45) is 0 Å². The molecule has 4 aromatic rings. The fraction of sp³-hybridized carbons (Fsp3) is 0.138. The number of H-pyrrole nitrogens is 1. The van der Waals surface area contributed by atoms with Crippen molar-refractivity contribution in [2.45, 2.75) is 12.5 Å². The van der Waals surface area contributed by atoms with Crippen LogP contribution < -0.4 is 25.6 Å². The second-order valence-electron chi connectivity index (χ2n) is 8.58. The zero-order valence-electron chi connectivity index (χ0n) is 21.4. The van der Waals surface area contributed by atoms with Crippen LogP contribution in [0.25, 0.3) is 17.0 Å². The van der Waals surface area contributed by atoms with E-state index in [1.165, 1.54) is 37.5 Å². The highest BCUT2D eigenvalue weighted by Gasteiger charge is 2.22. The van der Waals surface area contributed by atoms with Crippen molar-refractivity contribution in [3.05, 3.63) is 95.7 Å². The van der Waals surface area contributed by atoms with Gasteiger partial charge in [-0.25, -0.2) is 5.48 Å². The molecule has 0 radical (unpaired) electrons. The predicted molar refractivity (Wildman–Crippen MR) is 147 cm³/mol. The summed E-state index contributed by atoms with van der Waals surface area (Å²) in [6, 6.07) is 18.0. The number of rotatable bonds is 10. The molecule has 0 aliphatic rings. The minimum atomic E-state index is -0.910. The molecule has 0 fully saturated rings. The van der Waals surface area contributed by atoms with Gasteiger partial charge in [-0.05, 0) is 59.7 Å².